The molecule has 378 valence electrons. The second kappa shape index (κ2) is 24.7. The molecule has 4 atom stereocenters. The topological polar surface area (TPSA) is 190 Å². The maximum Gasteiger partial charge on any atom is 0.164 e. The first-order valence-corrected chi connectivity index (χ1v) is 29.3. The molecule has 8 bridgehead atoms. The fourth-order valence-electron chi connectivity index (χ4n) is 9.69. The van der Waals surface area contributed by atoms with E-state index in [-0.39, 0.29) is 47.4 Å². The Labute approximate surface area is 439 Å². The molecule has 16 heteroatoms. The lowest BCUT2D eigenvalue weighted by atomic mass is 10.1. The van der Waals surface area contributed by atoms with Gasteiger partial charge in [-0.2, -0.15) is 0 Å². The van der Waals surface area contributed by atoms with Crippen molar-refractivity contribution < 1.29 is 20.4 Å². The Morgan fingerprint density at radius 3 is 0.958 bits per heavy atom. The van der Waals surface area contributed by atoms with Gasteiger partial charge in [0.15, 0.2) is 23.3 Å². The number of H-pyrrole nitrogens is 2. The number of hydrogen-bond donors (Lipinski definition) is 6. The Kier molecular flexibility index (Phi) is 17.9. The molecular weight excluding hydrogens is 977 g/mol. The van der Waals surface area contributed by atoms with Crippen molar-refractivity contribution in [1.82, 2.24) is 39.9 Å². The van der Waals surface area contributed by atoms with Crippen molar-refractivity contribution >= 4 is 91.2 Å². The fraction of sp³-hybridized carbons (Fsp3) is 0.429. The van der Waals surface area contributed by atoms with E-state index in [9.17, 15) is 20.4 Å². The summed E-state index contributed by atoms with van der Waals surface area (Å²) in [6.45, 7) is 9.27. The molecule has 4 unspecified atom stereocenters. The van der Waals surface area contributed by atoms with Gasteiger partial charge in [-0.1, -0.05) is 53.4 Å². The predicted molar refractivity (Wildman–Crippen MR) is 301 cm³/mol. The van der Waals surface area contributed by atoms with Crippen molar-refractivity contribution in [1.29, 1.82) is 0 Å². The molecule has 0 amide bonds. The number of aliphatic hydroxyl groups excluding tert-OH is 4. The lowest BCUT2D eigenvalue weighted by Gasteiger charge is -2.15. The van der Waals surface area contributed by atoms with E-state index in [1.807, 2.05) is 0 Å². The van der Waals surface area contributed by atoms with E-state index < -0.39 is 0 Å². The van der Waals surface area contributed by atoms with E-state index in [0.29, 0.717) is 71.6 Å². The Morgan fingerprint density at radius 1 is 0.347 bits per heavy atom. The molecule has 0 saturated heterocycles. The molecule has 0 radical (unpaired) electrons. The summed E-state index contributed by atoms with van der Waals surface area (Å²) in [5.41, 5.74) is 5.92. The number of rotatable bonds is 24. The van der Waals surface area contributed by atoms with Gasteiger partial charge in [-0.15, -0.1) is 47.0 Å². The lowest BCUT2D eigenvalue weighted by Crippen LogP contribution is -2.04. The van der Waals surface area contributed by atoms with E-state index in [1.54, 1.807) is 47.0 Å². The van der Waals surface area contributed by atoms with Crippen LogP contribution in [0.3, 0.4) is 0 Å². The fourth-order valence-corrected chi connectivity index (χ4v) is 14.9. The molecule has 7 aromatic rings. The zero-order valence-electron chi connectivity index (χ0n) is 41.7. The second-order valence-corrected chi connectivity index (χ2v) is 24.1. The zero-order valence-corrected chi connectivity index (χ0v) is 44.9. The van der Waals surface area contributed by atoms with Gasteiger partial charge in [0, 0.05) is 111 Å². The van der Waals surface area contributed by atoms with Crippen LogP contribution in [-0.2, 0) is 0 Å². The standard InChI is InChI=1S/C56H66N8O4S4/c1-5-9-33(21-25-65)69-37-13-17-41-45(29-37)53-57-49(41)62-54-47-31-39(71-35(11-7-3)23-27-67)15-19-43(47)51(59-54)64-56-48-32-40(72-36(12-8-4)24-28-68)16-20-44(48)52(60-56)63-55-46-30-38(70-34(10-6-2)22-26-66)14-18-42(46)50(58-55)61-53/h13-20,29-36,65-68H,5-12,21-28H2,1-4H3,(H2,57,58,59,60,61,62,63,64). The molecule has 5 heterocycles. The highest BCUT2D eigenvalue weighted by Gasteiger charge is 2.25. The van der Waals surface area contributed by atoms with Crippen molar-refractivity contribution in [2.24, 2.45) is 0 Å². The molecule has 2 aliphatic heterocycles. The van der Waals surface area contributed by atoms with E-state index in [2.05, 4.69) is 110 Å². The molecule has 0 aliphatic carbocycles. The van der Waals surface area contributed by atoms with E-state index in [0.717, 1.165) is 115 Å². The molecular formula is C56H66N8O4S4. The number of aromatic amines is 2. The van der Waals surface area contributed by atoms with Gasteiger partial charge in [0.05, 0.1) is 0 Å². The Hall–Kier alpha value is -4.52. The van der Waals surface area contributed by atoms with Gasteiger partial charge in [-0.3, -0.25) is 0 Å². The van der Waals surface area contributed by atoms with Crippen LogP contribution in [0.2, 0.25) is 0 Å². The first-order valence-electron chi connectivity index (χ1n) is 25.8. The van der Waals surface area contributed by atoms with Gasteiger partial charge in [-0.05, 0) is 124 Å². The zero-order chi connectivity index (χ0) is 50.1. The summed E-state index contributed by atoms with van der Waals surface area (Å²) in [5.74, 6) is 2.12. The molecule has 2 aliphatic rings. The maximum absolute atomic E-state index is 9.95. The summed E-state index contributed by atoms with van der Waals surface area (Å²) in [5, 5.41) is 44.4. The van der Waals surface area contributed by atoms with Crippen LogP contribution < -0.4 is 0 Å². The molecule has 6 N–H and O–H groups in total. The summed E-state index contributed by atoms with van der Waals surface area (Å²) >= 11 is 7.13. The van der Waals surface area contributed by atoms with Gasteiger partial charge in [0.25, 0.3) is 0 Å². The van der Waals surface area contributed by atoms with E-state index in [4.69, 9.17) is 29.9 Å². The molecule has 9 rings (SSSR count). The number of aromatic nitrogens is 8. The van der Waals surface area contributed by atoms with Gasteiger partial charge in [-0.25, -0.2) is 29.9 Å². The minimum Gasteiger partial charge on any atom is -0.396 e. The van der Waals surface area contributed by atoms with Crippen LogP contribution in [0.15, 0.2) is 92.4 Å². The highest BCUT2D eigenvalue weighted by molar-refractivity contribution is 8.00. The second-order valence-electron chi connectivity index (χ2n) is 18.6. The first kappa shape index (κ1) is 52.3. The third kappa shape index (κ3) is 11.9. The van der Waals surface area contributed by atoms with Crippen LogP contribution in [-0.4, -0.2) is 108 Å². The molecule has 72 heavy (non-hydrogen) atoms. The molecule has 3 aromatic heterocycles. The van der Waals surface area contributed by atoms with Crippen LogP contribution in [0, 0.1) is 0 Å². The van der Waals surface area contributed by atoms with Crippen LogP contribution in [0.5, 0.6) is 0 Å². The summed E-state index contributed by atoms with van der Waals surface area (Å²) < 4.78 is 0. The average Bonchev–Trinajstić information content (AvgIpc) is 4.09. The average molecular weight is 1040 g/mol. The minimum atomic E-state index is 0.136. The largest absolute Gasteiger partial charge is 0.396 e. The number of nitrogens with zero attached hydrogens (tertiary/aromatic N) is 6. The van der Waals surface area contributed by atoms with Crippen molar-refractivity contribution in [2.45, 2.75) is 145 Å². The number of thioether (sulfide) groups is 4. The van der Waals surface area contributed by atoms with Crippen molar-refractivity contribution in [3.05, 3.63) is 72.8 Å². The van der Waals surface area contributed by atoms with Gasteiger partial charge < -0.3 is 30.4 Å². The monoisotopic (exact) mass is 1040 g/mol. The number of fused-ring (bicyclic) bond motifs is 20. The third-order valence-electron chi connectivity index (χ3n) is 13.2. The number of hydrogen-bond acceptors (Lipinski definition) is 14. The lowest BCUT2D eigenvalue weighted by molar-refractivity contribution is 0.285. The summed E-state index contributed by atoms with van der Waals surface area (Å²) in [6, 6.07) is 25.6. The maximum atomic E-state index is 9.95. The Balaban J connectivity index is 1.33. The van der Waals surface area contributed by atoms with Gasteiger partial charge in [0.2, 0.25) is 0 Å². The van der Waals surface area contributed by atoms with Crippen LogP contribution in [0.25, 0.3) is 89.7 Å². The summed E-state index contributed by atoms with van der Waals surface area (Å²) in [4.78, 5) is 43.6. The number of benzene rings is 4. The smallest absolute Gasteiger partial charge is 0.164 e. The van der Waals surface area contributed by atoms with Crippen molar-refractivity contribution in [3.8, 4) is 45.6 Å². The quantitative estimate of drug-likeness (QED) is 0.0314. The van der Waals surface area contributed by atoms with Crippen LogP contribution in [0.1, 0.15) is 105 Å². The van der Waals surface area contributed by atoms with Crippen molar-refractivity contribution in [3.63, 3.8) is 0 Å². The minimum absolute atomic E-state index is 0.136. The Morgan fingerprint density at radius 2 is 0.639 bits per heavy atom. The van der Waals surface area contributed by atoms with Crippen LogP contribution >= 0.6 is 47.0 Å². The highest BCUT2D eigenvalue weighted by atomic mass is 32.2. The van der Waals surface area contributed by atoms with Crippen LogP contribution in [0.4, 0.5) is 0 Å². The molecule has 12 nitrogen and oxygen atoms in total. The predicted octanol–water partition coefficient (Wildman–Crippen LogP) is 13.4. The molecule has 0 spiro atoms. The van der Waals surface area contributed by atoms with Crippen molar-refractivity contribution in [2.75, 3.05) is 26.4 Å². The highest BCUT2D eigenvalue weighted by Crippen LogP contribution is 2.43. The number of nitrogens with one attached hydrogen (secondary N) is 2. The van der Waals surface area contributed by atoms with Gasteiger partial charge in [0.1, 0.15) is 22.6 Å². The molecule has 4 aromatic carbocycles. The third-order valence-corrected chi connectivity index (χ3v) is 18.5. The van der Waals surface area contributed by atoms with E-state index in [1.165, 1.54) is 0 Å². The van der Waals surface area contributed by atoms with Gasteiger partial charge >= 0.3 is 0 Å². The van der Waals surface area contributed by atoms with E-state index >= 15 is 0 Å². The first-order chi connectivity index (χ1) is 35.3. The molecule has 0 saturated carbocycles. The Bertz CT molecular complexity index is 2950. The SMILES string of the molecule is CCCC(CCO)Sc1ccc2c(c1)-c1nc-2nc2[nH]c(nc3nc(nc4[nH]c(n1)c1ccc(SC(CCC)CCO)cc41)-c1ccc(SC(CCC)CCO)cc1-3)c1ccc(SC(CCC)CCO)cc21. The number of aliphatic hydroxyl groups is 4. The summed E-state index contributed by atoms with van der Waals surface area (Å²) in [6.07, 6.45) is 10.9. The molecule has 0 fully saturated rings. The summed E-state index contributed by atoms with van der Waals surface area (Å²) in [7, 11) is 0. The normalized spacial score (nSPS) is 13.9.